The van der Waals surface area contributed by atoms with E-state index in [4.69, 9.17) is 0 Å². The molecular formula is C9H9BrF3N. The maximum absolute atomic E-state index is 12.1. The molecule has 0 heterocycles. The number of anilines is 1. The topological polar surface area (TPSA) is 12.0 Å². The molecule has 1 rings (SSSR count). The number of hydrogen-bond acceptors (Lipinski definition) is 1. The first-order valence-electron chi connectivity index (χ1n) is 3.95. The number of alkyl halides is 3. The molecule has 0 spiro atoms. The molecule has 0 amide bonds. The molecule has 0 fully saturated rings. The highest BCUT2D eigenvalue weighted by Gasteiger charge is 2.27. The molecule has 0 atom stereocenters. The van der Waals surface area contributed by atoms with Crippen molar-refractivity contribution in [1.82, 2.24) is 0 Å². The molecule has 14 heavy (non-hydrogen) atoms. The minimum absolute atomic E-state index is 0.247. The van der Waals surface area contributed by atoms with Crippen molar-refractivity contribution in [2.45, 2.75) is 12.6 Å². The fraction of sp³-hybridized carbons (Fsp3) is 0.333. The number of halogens is 4. The lowest BCUT2D eigenvalue weighted by Crippen LogP contribution is -2.11. The Morgan fingerprint density at radius 1 is 1.29 bits per heavy atom. The van der Waals surface area contributed by atoms with Crippen LogP contribution < -0.4 is 5.32 Å². The van der Waals surface area contributed by atoms with Gasteiger partial charge in [-0.15, -0.1) is 0 Å². The van der Waals surface area contributed by atoms with Crippen molar-refractivity contribution < 1.29 is 13.2 Å². The molecule has 78 valence electrons. The second-order valence-corrected chi connectivity index (χ2v) is 3.81. The maximum Gasteiger partial charge on any atom is 0.393 e. The van der Waals surface area contributed by atoms with E-state index in [1.807, 2.05) is 0 Å². The van der Waals surface area contributed by atoms with Gasteiger partial charge in [0.05, 0.1) is 6.42 Å². The zero-order chi connectivity index (χ0) is 10.8. The summed E-state index contributed by atoms with van der Waals surface area (Å²) in [5.41, 5.74) is 0.912. The Bertz CT molecular complexity index is 322. The minimum Gasteiger partial charge on any atom is -0.388 e. The summed E-state index contributed by atoms with van der Waals surface area (Å²) in [6.45, 7) is 0. The van der Waals surface area contributed by atoms with E-state index in [1.165, 1.54) is 12.1 Å². The Kier molecular flexibility index (Phi) is 3.42. The van der Waals surface area contributed by atoms with E-state index in [1.54, 1.807) is 13.1 Å². The van der Waals surface area contributed by atoms with Gasteiger partial charge in [0.25, 0.3) is 0 Å². The van der Waals surface area contributed by atoms with Gasteiger partial charge in [0.1, 0.15) is 0 Å². The molecular weight excluding hydrogens is 259 g/mol. The van der Waals surface area contributed by atoms with Gasteiger partial charge < -0.3 is 5.32 Å². The van der Waals surface area contributed by atoms with E-state index in [0.717, 1.165) is 0 Å². The summed E-state index contributed by atoms with van der Waals surface area (Å²) in [5, 5.41) is 2.80. The second kappa shape index (κ2) is 4.21. The highest BCUT2D eigenvalue weighted by molar-refractivity contribution is 9.10. The molecule has 0 saturated heterocycles. The maximum atomic E-state index is 12.1. The van der Waals surface area contributed by atoms with Gasteiger partial charge in [-0.2, -0.15) is 13.2 Å². The molecule has 0 bridgehead atoms. The van der Waals surface area contributed by atoms with Gasteiger partial charge in [-0.1, -0.05) is 15.9 Å². The molecule has 0 saturated carbocycles. The molecule has 1 aromatic carbocycles. The Labute approximate surface area is 88.4 Å². The first-order chi connectivity index (χ1) is 6.40. The van der Waals surface area contributed by atoms with Crippen LogP contribution in [0.4, 0.5) is 18.9 Å². The number of rotatable bonds is 2. The number of benzene rings is 1. The van der Waals surface area contributed by atoms with Crippen molar-refractivity contribution >= 4 is 21.6 Å². The largest absolute Gasteiger partial charge is 0.393 e. The molecule has 5 heteroatoms. The summed E-state index contributed by atoms with van der Waals surface area (Å²) in [7, 11) is 1.67. The van der Waals surface area contributed by atoms with Crippen LogP contribution in [-0.2, 0) is 6.42 Å². The van der Waals surface area contributed by atoms with Crippen molar-refractivity contribution in [3.8, 4) is 0 Å². The van der Waals surface area contributed by atoms with Crippen LogP contribution in [0.25, 0.3) is 0 Å². The first-order valence-corrected chi connectivity index (χ1v) is 4.74. The molecule has 0 unspecified atom stereocenters. The molecule has 0 aromatic heterocycles. The third-order valence-corrected chi connectivity index (χ3v) is 2.11. The first kappa shape index (κ1) is 11.4. The Morgan fingerprint density at radius 3 is 2.43 bits per heavy atom. The highest BCUT2D eigenvalue weighted by atomic mass is 79.9. The average molecular weight is 268 g/mol. The fourth-order valence-electron chi connectivity index (χ4n) is 1.13. The highest BCUT2D eigenvalue weighted by Crippen LogP contribution is 2.25. The Hall–Kier alpha value is -0.710. The normalized spacial score (nSPS) is 11.5. The number of nitrogens with one attached hydrogen (secondary N) is 1. The summed E-state index contributed by atoms with van der Waals surface area (Å²) in [6, 6.07) is 4.67. The van der Waals surface area contributed by atoms with Crippen molar-refractivity contribution in [3.05, 3.63) is 28.2 Å². The lowest BCUT2D eigenvalue weighted by Gasteiger charge is -2.08. The van der Waals surface area contributed by atoms with Gasteiger partial charge >= 0.3 is 6.18 Å². The molecule has 1 aromatic rings. The van der Waals surface area contributed by atoms with E-state index >= 15 is 0 Å². The van der Waals surface area contributed by atoms with Gasteiger partial charge in [0, 0.05) is 17.2 Å². The third-order valence-electron chi connectivity index (χ3n) is 1.65. The summed E-state index contributed by atoms with van der Waals surface area (Å²) in [5.74, 6) is 0. The van der Waals surface area contributed by atoms with E-state index in [9.17, 15) is 13.2 Å². The zero-order valence-electron chi connectivity index (χ0n) is 7.45. The van der Waals surface area contributed by atoms with Gasteiger partial charge in [0.2, 0.25) is 0 Å². The van der Waals surface area contributed by atoms with Crippen LogP contribution in [-0.4, -0.2) is 13.2 Å². The molecule has 1 N–H and O–H groups in total. The van der Waals surface area contributed by atoms with Crippen molar-refractivity contribution in [2.75, 3.05) is 12.4 Å². The monoisotopic (exact) mass is 267 g/mol. The van der Waals surface area contributed by atoms with Gasteiger partial charge in [0.15, 0.2) is 0 Å². The fourth-order valence-corrected chi connectivity index (χ4v) is 1.67. The van der Waals surface area contributed by atoms with E-state index in [2.05, 4.69) is 21.2 Å². The van der Waals surface area contributed by atoms with Crippen LogP contribution in [0.15, 0.2) is 22.7 Å². The summed E-state index contributed by atoms with van der Waals surface area (Å²) < 4.78 is 36.9. The standard InChI is InChI=1S/C9H9BrF3N/c1-14-8-3-6(2-7(10)4-8)5-9(11,12)13/h2-4,14H,5H2,1H3. The molecule has 0 aliphatic heterocycles. The smallest absolute Gasteiger partial charge is 0.388 e. The van der Waals surface area contributed by atoms with Crippen LogP contribution in [0.1, 0.15) is 5.56 Å². The van der Waals surface area contributed by atoms with Gasteiger partial charge in [-0.05, 0) is 23.8 Å². The summed E-state index contributed by atoms with van der Waals surface area (Å²) in [4.78, 5) is 0. The van der Waals surface area contributed by atoms with E-state index < -0.39 is 12.6 Å². The van der Waals surface area contributed by atoms with Crippen molar-refractivity contribution in [3.63, 3.8) is 0 Å². The quantitative estimate of drug-likeness (QED) is 0.864. The van der Waals surface area contributed by atoms with Crippen molar-refractivity contribution in [1.29, 1.82) is 0 Å². The van der Waals surface area contributed by atoms with Gasteiger partial charge in [-0.3, -0.25) is 0 Å². The lowest BCUT2D eigenvalue weighted by molar-refractivity contribution is -0.127. The Balaban J connectivity index is 2.92. The van der Waals surface area contributed by atoms with E-state index in [-0.39, 0.29) is 5.56 Å². The van der Waals surface area contributed by atoms with Crippen LogP contribution in [0, 0.1) is 0 Å². The molecule has 0 aliphatic rings. The van der Waals surface area contributed by atoms with Crippen LogP contribution in [0.5, 0.6) is 0 Å². The van der Waals surface area contributed by atoms with E-state index in [0.29, 0.717) is 10.2 Å². The average Bonchev–Trinajstić information content (AvgIpc) is 1.99. The zero-order valence-corrected chi connectivity index (χ0v) is 9.04. The predicted octanol–water partition coefficient (Wildman–Crippen LogP) is 3.60. The predicted molar refractivity (Wildman–Crippen MR) is 53.4 cm³/mol. The van der Waals surface area contributed by atoms with Gasteiger partial charge in [-0.25, -0.2) is 0 Å². The molecule has 0 radical (unpaired) electrons. The Morgan fingerprint density at radius 2 is 1.93 bits per heavy atom. The minimum atomic E-state index is -4.16. The van der Waals surface area contributed by atoms with Crippen LogP contribution in [0.3, 0.4) is 0 Å². The SMILES string of the molecule is CNc1cc(Br)cc(CC(F)(F)F)c1. The van der Waals surface area contributed by atoms with Crippen LogP contribution >= 0.6 is 15.9 Å². The number of hydrogen-bond donors (Lipinski definition) is 1. The lowest BCUT2D eigenvalue weighted by atomic mass is 10.1. The van der Waals surface area contributed by atoms with Crippen LogP contribution in [0.2, 0.25) is 0 Å². The summed E-state index contributed by atoms with van der Waals surface area (Å²) in [6.07, 6.45) is -5.06. The summed E-state index contributed by atoms with van der Waals surface area (Å²) >= 11 is 3.15. The van der Waals surface area contributed by atoms with Crippen molar-refractivity contribution in [2.24, 2.45) is 0 Å². The molecule has 1 nitrogen and oxygen atoms in total. The third kappa shape index (κ3) is 3.57. The molecule has 0 aliphatic carbocycles. The second-order valence-electron chi connectivity index (χ2n) is 2.89.